The van der Waals surface area contributed by atoms with Crippen LogP contribution in [0, 0.1) is 0 Å². The highest BCUT2D eigenvalue weighted by Gasteiger charge is 2.46. The van der Waals surface area contributed by atoms with Gasteiger partial charge in [-0.15, -0.1) is 0 Å². The second-order valence-electron chi connectivity index (χ2n) is 11.9. The molecule has 2 aliphatic heterocycles. The molecular formula is C30H29N11O3S. The first-order chi connectivity index (χ1) is 21.7. The first-order valence-corrected chi connectivity index (χ1v) is 16.5. The lowest BCUT2D eigenvalue weighted by Crippen LogP contribution is -2.46. The van der Waals surface area contributed by atoms with Crippen molar-refractivity contribution in [2.24, 2.45) is 7.05 Å². The molecule has 7 heterocycles. The van der Waals surface area contributed by atoms with Crippen molar-refractivity contribution >= 4 is 38.1 Å². The second kappa shape index (κ2) is 9.92. The number of aromatic amines is 1. The Bertz CT molecular complexity index is 2210. The van der Waals surface area contributed by atoms with Crippen LogP contribution in [0.4, 0.5) is 5.82 Å². The summed E-state index contributed by atoms with van der Waals surface area (Å²) in [4.78, 5) is 28.8. The molecule has 15 heteroatoms. The maximum atomic E-state index is 13.2. The Hall–Kier alpha value is -5.18. The second-order valence-corrected chi connectivity index (χ2v) is 13.8. The van der Waals surface area contributed by atoms with Gasteiger partial charge in [-0.25, -0.2) is 18.4 Å². The molecule has 8 rings (SSSR count). The first kappa shape index (κ1) is 27.4. The number of sulfone groups is 1. The van der Waals surface area contributed by atoms with Gasteiger partial charge in [0.2, 0.25) is 5.82 Å². The van der Waals surface area contributed by atoms with E-state index in [9.17, 15) is 13.2 Å². The molecule has 2 unspecified atom stereocenters. The van der Waals surface area contributed by atoms with Crippen molar-refractivity contribution in [2.45, 2.75) is 48.6 Å². The van der Waals surface area contributed by atoms with Crippen molar-refractivity contribution in [3.8, 4) is 22.4 Å². The molecule has 0 radical (unpaired) electrons. The van der Waals surface area contributed by atoms with Gasteiger partial charge < -0.3 is 10.6 Å². The number of rotatable bonds is 5. The number of anilines is 1. The fourth-order valence-electron chi connectivity index (χ4n) is 7.07. The Balaban J connectivity index is 1.17. The van der Waals surface area contributed by atoms with E-state index in [0.717, 1.165) is 46.8 Å². The molecule has 1 aromatic carbocycles. The molecule has 14 nitrogen and oxygen atoms in total. The number of carbonyl (C=O) groups is 1. The summed E-state index contributed by atoms with van der Waals surface area (Å²) in [6.07, 6.45) is 10.6. The zero-order valence-corrected chi connectivity index (χ0v) is 25.3. The number of nitrogen functional groups attached to an aromatic ring is 1. The van der Waals surface area contributed by atoms with E-state index in [-0.39, 0.29) is 40.4 Å². The van der Waals surface area contributed by atoms with Gasteiger partial charge in [0, 0.05) is 65.8 Å². The largest absolute Gasteiger partial charge is 0.382 e. The zero-order chi connectivity index (χ0) is 31.0. The summed E-state index contributed by atoms with van der Waals surface area (Å²) in [7, 11) is -1.87. The number of nitrogens with one attached hydrogen (secondary N) is 1. The predicted molar refractivity (Wildman–Crippen MR) is 165 cm³/mol. The molecule has 6 aromatic rings. The lowest BCUT2D eigenvalue weighted by atomic mass is 9.87. The number of nitrogens with two attached hydrogens (primary N) is 1. The van der Waals surface area contributed by atoms with E-state index in [1.165, 1.54) is 10.8 Å². The van der Waals surface area contributed by atoms with Crippen LogP contribution < -0.4 is 5.73 Å². The summed E-state index contributed by atoms with van der Waals surface area (Å²) in [5.74, 6) is -0.194. The van der Waals surface area contributed by atoms with Crippen LogP contribution in [0.5, 0.6) is 0 Å². The molecule has 0 spiro atoms. The summed E-state index contributed by atoms with van der Waals surface area (Å²) in [5, 5.41) is 16.4. The van der Waals surface area contributed by atoms with E-state index in [0.29, 0.717) is 29.7 Å². The van der Waals surface area contributed by atoms with Crippen molar-refractivity contribution in [1.29, 1.82) is 0 Å². The number of piperidine rings is 1. The highest BCUT2D eigenvalue weighted by Crippen LogP contribution is 2.45. The maximum Gasteiger partial charge on any atom is 0.291 e. The van der Waals surface area contributed by atoms with Crippen molar-refractivity contribution < 1.29 is 13.2 Å². The number of amides is 1. The van der Waals surface area contributed by atoms with Gasteiger partial charge in [-0.05, 0) is 43.9 Å². The first-order valence-electron chi connectivity index (χ1n) is 14.6. The Labute approximate surface area is 257 Å². The average molecular weight is 624 g/mol. The molecule has 2 saturated heterocycles. The monoisotopic (exact) mass is 623 g/mol. The normalized spacial score (nSPS) is 20.0. The molecular weight excluding hydrogens is 594 g/mol. The fourth-order valence-corrected chi connectivity index (χ4v) is 8.13. The number of fused-ring (bicyclic) bond motifs is 4. The van der Waals surface area contributed by atoms with Gasteiger partial charge in [0.05, 0.1) is 23.1 Å². The molecule has 3 N–H and O–H groups in total. The summed E-state index contributed by atoms with van der Waals surface area (Å²) < 4.78 is 29.4. The lowest BCUT2D eigenvalue weighted by Gasteiger charge is -2.38. The lowest BCUT2D eigenvalue weighted by molar-refractivity contribution is 0.0556. The third kappa shape index (κ3) is 4.44. The van der Waals surface area contributed by atoms with Gasteiger partial charge >= 0.3 is 0 Å². The quantitative estimate of drug-likeness (QED) is 0.289. The SMILES string of the molecule is Cn1cc2cc(-c3ccc(-c4cnn5c(N)c(S(C)(=O)=O)c(C6CC7CCC(C6)N7C(=O)c6ncn[nH]6)nc45)cn3)ccc2n1. The molecule has 0 aliphatic carbocycles. The van der Waals surface area contributed by atoms with Gasteiger partial charge in [0.25, 0.3) is 5.91 Å². The van der Waals surface area contributed by atoms with E-state index >= 15 is 0 Å². The molecule has 1 amide bonds. The van der Waals surface area contributed by atoms with Crippen LogP contribution in [-0.4, -0.2) is 82.1 Å². The van der Waals surface area contributed by atoms with Gasteiger partial charge in [0.15, 0.2) is 15.5 Å². The average Bonchev–Trinajstić information content (AvgIpc) is 3.81. The number of aryl methyl sites for hydroxylation is 1. The van der Waals surface area contributed by atoms with E-state index < -0.39 is 9.84 Å². The number of hydrogen-bond acceptors (Lipinski definition) is 10. The van der Waals surface area contributed by atoms with Crippen LogP contribution in [0.3, 0.4) is 0 Å². The topological polar surface area (TPSA) is 183 Å². The molecule has 228 valence electrons. The minimum atomic E-state index is -3.76. The van der Waals surface area contributed by atoms with Gasteiger partial charge in [-0.3, -0.25) is 19.6 Å². The number of benzene rings is 1. The highest BCUT2D eigenvalue weighted by molar-refractivity contribution is 7.91. The van der Waals surface area contributed by atoms with Crippen molar-refractivity contribution in [3.05, 3.63) is 66.8 Å². The number of carbonyl (C=O) groups excluding carboxylic acids is 1. The Morgan fingerprint density at radius 1 is 1.04 bits per heavy atom. The summed E-state index contributed by atoms with van der Waals surface area (Å²) in [6.45, 7) is 0. The van der Waals surface area contributed by atoms with Crippen LogP contribution in [0.1, 0.15) is 47.9 Å². The van der Waals surface area contributed by atoms with E-state index in [2.05, 4.69) is 31.4 Å². The highest BCUT2D eigenvalue weighted by atomic mass is 32.2. The van der Waals surface area contributed by atoms with E-state index in [1.54, 1.807) is 17.1 Å². The molecule has 5 aromatic heterocycles. The molecule has 2 fully saturated rings. The Morgan fingerprint density at radius 3 is 2.51 bits per heavy atom. The third-order valence-corrected chi connectivity index (χ3v) is 10.2. The molecule has 2 aliphatic rings. The van der Waals surface area contributed by atoms with E-state index in [1.807, 2.05) is 42.4 Å². The van der Waals surface area contributed by atoms with Gasteiger partial charge in [-0.2, -0.15) is 19.8 Å². The van der Waals surface area contributed by atoms with Crippen LogP contribution in [0.2, 0.25) is 0 Å². The smallest absolute Gasteiger partial charge is 0.291 e. The molecule has 0 saturated carbocycles. The number of nitrogens with zero attached hydrogens (tertiary/aromatic N) is 9. The van der Waals surface area contributed by atoms with Crippen LogP contribution in [-0.2, 0) is 16.9 Å². The summed E-state index contributed by atoms with van der Waals surface area (Å²) in [5.41, 5.74) is 11.6. The number of aromatic nitrogens is 9. The van der Waals surface area contributed by atoms with Gasteiger partial charge in [-0.1, -0.05) is 12.1 Å². The standard InChI is InChI=1S/C30H29N11O3S/c1-39-14-19-9-16(3-8-24(19)38-39)23-7-4-17(12-32-23)22-13-35-41-27(31)26(45(2,43)44)25(36-29(22)41)18-10-20-5-6-21(11-18)40(20)30(42)28-33-15-34-37-28/h3-4,7-9,12-15,18,20-21H,5-6,10-11,31H2,1-2H3,(H,33,34,37). The number of H-pyrrole nitrogens is 1. The minimum Gasteiger partial charge on any atom is -0.382 e. The predicted octanol–water partition coefficient (Wildman–Crippen LogP) is 3.00. The van der Waals surface area contributed by atoms with Crippen molar-refractivity contribution in [2.75, 3.05) is 12.0 Å². The molecule has 2 atom stereocenters. The van der Waals surface area contributed by atoms with Gasteiger partial charge in [0.1, 0.15) is 17.0 Å². The van der Waals surface area contributed by atoms with Crippen LogP contribution in [0.15, 0.2) is 60.1 Å². The Kier molecular flexibility index (Phi) is 6.03. The van der Waals surface area contributed by atoms with Crippen LogP contribution >= 0.6 is 0 Å². The zero-order valence-electron chi connectivity index (χ0n) is 24.5. The Morgan fingerprint density at radius 2 is 1.82 bits per heavy atom. The molecule has 45 heavy (non-hydrogen) atoms. The minimum absolute atomic E-state index is 0.0108. The van der Waals surface area contributed by atoms with Crippen molar-refractivity contribution in [1.82, 2.24) is 49.4 Å². The van der Waals surface area contributed by atoms with Crippen LogP contribution in [0.25, 0.3) is 38.9 Å². The van der Waals surface area contributed by atoms with Crippen molar-refractivity contribution in [3.63, 3.8) is 0 Å². The summed E-state index contributed by atoms with van der Waals surface area (Å²) >= 11 is 0. The summed E-state index contributed by atoms with van der Waals surface area (Å²) in [6, 6.07) is 9.74. The maximum absolute atomic E-state index is 13.2. The number of pyridine rings is 1. The fraction of sp³-hybridized carbons (Fsp3) is 0.300. The third-order valence-electron chi connectivity index (χ3n) is 9.00. The number of hydrogen-bond donors (Lipinski definition) is 2. The van der Waals surface area contributed by atoms with E-state index in [4.69, 9.17) is 15.7 Å². The molecule has 2 bridgehead atoms.